The summed E-state index contributed by atoms with van der Waals surface area (Å²) < 4.78 is 0. The van der Waals surface area contributed by atoms with Crippen LogP contribution >= 0.6 is 0 Å². The standard InChI is InChI=1S/C12H14N2O/c13-9-5-3-4-8-10(9)14-11(15)12(8)6-1-2-7-12/h3-5H,1-2,6-7,13H2,(H,14,15). The van der Waals surface area contributed by atoms with E-state index in [9.17, 15) is 4.79 Å². The zero-order chi connectivity index (χ0) is 10.5. The predicted molar refractivity (Wildman–Crippen MR) is 59.6 cm³/mol. The lowest BCUT2D eigenvalue weighted by Crippen LogP contribution is -2.30. The Hall–Kier alpha value is -1.51. The molecule has 1 saturated carbocycles. The van der Waals surface area contributed by atoms with Crippen LogP contribution in [0.2, 0.25) is 0 Å². The summed E-state index contributed by atoms with van der Waals surface area (Å²) in [5, 5.41) is 2.93. The molecule has 1 aliphatic carbocycles. The fourth-order valence-corrected chi connectivity index (χ4v) is 2.94. The average Bonchev–Trinajstić information content (AvgIpc) is 2.79. The first-order valence-electron chi connectivity index (χ1n) is 5.44. The fraction of sp³-hybridized carbons (Fsp3) is 0.417. The molecule has 0 aromatic heterocycles. The fourth-order valence-electron chi connectivity index (χ4n) is 2.94. The number of fused-ring (bicyclic) bond motifs is 2. The van der Waals surface area contributed by atoms with Gasteiger partial charge >= 0.3 is 0 Å². The van der Waals surface area contributed by atoms with Gasteiger partial charge in [0.25, 0.3) is 0 Å². The smallest absolute Gasteiger partial charge is 0.235 e. The van der Waals surface area contributed by atoms with Crippen molar-refractivity contribution in [2.45, 2.75) is 31.1 Å². The summed E-state index contributed by atoms with van der Waals surface area (Å²) in [5.74, 6) is 0.146. The van der Waals surface area contributed by atoms with E-state index in [4.69, 9.17) is 5.73 Å². The Balaban J connectivity index is 2.21. The Bertz CT molecular complexity index is 433. The normalized spacial score (nSPS) is 21.7. The van der Waals surface area contributed by atoms with Crippen molar-refractivity contribution < 1.29 is 4.79 Å². The summed E-state index contributed by atoms with van der Waals surface area (Å²) in [6, 6.07) is 5.82. The van der Waals surface area contributed by atoms with E-state index in [2.05, 4.69) is 5.32 Å². The molecule has 1 amide bonds. The van der Waals surface area contributed by atoms with E-state index < -0.39 is 0 Å². The number of carbonyl (C=O) groups excluding carboxylic acids is 1. The quantitative estimate of drug-likeness (QED) is 0.632. The molecule has 1 aliphatic heterocycles. The van der Waals surface area contributed by atoms with Crippen molar-refractivity contribution in [2.75, 3.05) is 11.1 Å². The largest absolute Gasteiger partial charge is 0.397 e. The molecule has 0 unspecified atom stereocenters. The average molecular weight is 202 g/mol. The second-order valence-corrected chi connectivity index (χ2v) is 4.51. The van der Waals surface area contributed by atoms with Crippen LogP contribution in [-0.2, 0) is 10.2 Å². The van der Waals surface area contributed by atoms with Gasteiger partial charge in [0.05, 0.1) is 16.8 Å². The molecule has 3 nitrogen and oxygen atoms in total. The van der Waals surface area contributed by atoms with Gasteiger partial charge in [-0.3, -0.25) is 4.79 Å². The summed E-state index contributed by atoms with van der Waals surface area (Å²) in [6.07, 6.45) is 4.22. The minimum absolute atomic E-state index is 0.146. The predicted octanol–water partition coefficient (Wildman–Crippen LogP) is 2.03. The van der Waals surface area contributed by atoms with E-state index in [0.29, 0.717) is 5.69 Å². The number of para-hydroxylation sites is 1. The van der Waals surface area contributed by atoms with Crippen LogP contribution in [0.1, 0.15) is 31.2 Å². The molecule has 0 bridgehead atoms. The Morgan fingerprint density at radius 2 is 2.00 bits per heavy atom. The van der Waals surface area contributed by atoms with Gasteiger partial charge in [0.2, 0.25) is 5.91 Å². The van der Waals surface area contributed by atoms with Gasteiger partial charge in [-0.05, 0) is 24.5 Å². The molecule has 78 valence electrons. The first kappa shape index (κ1) is 8.77. The van der Waals surface area contributed by atoms with Crippen molar-refractivity contribution >= 4 is 17.3 Å². The minimum Gasteiger partial charge on any atom is -0.397 e. The van der Waals surface area contributed by atoms with Crippen LogP contribution in [0.25, 0.3) is 0 Å². The molecular weight excluding hydrogens is 188 g/mol. The molecule has 2 aliphatic rings. The minimum atomic E-state index is -0.259. The van der Waals surface area contributed by atoms with Crippen LogP contribution < -0.4 is 11.1 Å². The van der Waals surface area contributed by atoms with E-state index in [1.165, 1.54) is 0 Å². The maximum atomic E-state index is 12.0. The zero-order valence-electron chi connectivity index (χ0n) is 8.55. The summed E-state index contributed by atoms with van der Waals surface area (Å²) >= 11 is 0. The van der Waals surface area contributed by atoms with Crippen LogP contribution in [0.4, 0.5) is 11.4 Å². The molecule has 1 heterocycles. The number of nitrogens with two attached hydrogens (primary N) is 1. The lowest BCUT2D eigenvalue weighted by Gasteiger charge is -2.20. The van der Waals surface area contributed by atoms with Crippen molar-refractivity contribution in [1.82, 2.24) is 0 Å². The van der Waals surface area contributed by atoms with E-state index in [1.807, 2.05) is 18.2 Å². The summed E-state index contributed by atoms with van der Waals surface area (Å²) in [7, 11) is 0. The highest BCUT2D eigenvalue weighted by molar-refractivity contribution is 6.09. The third-order valence-corrected chi connectivity index (χ3v) is 3.74. The number of anilines is 2. The molecule has 1 fully saturated rings. The SMILES string of the molecule is Nc1cccc2c1NC(=O)C21CCCC1. The first-order valence-corrected chi connectivity index (χ1v) is 5.44. The third-order valence-electron chi connectivity index (χ3n) is 3.74. The zero-order valence-corrected chi connectivity index (χ0v) is 8.55. The number of benzene rings is 1. The van der Waals surface area contributed by atoms with Gasteiger partial charge in [-0.25, -0.2) is 0 Å². The highest BCUT2D eigenvalue weighted by Crippen LogP contribution is 2.50. The summed E-state index contributed by atoms with van der Waals surface area (Å²) in [6.45, 7) is 0. The van der Waals surface area contributed by atoms with Crippen LogP contribution in [0.5, 0.6) is 0 Å². The van der Waals surface area contributed by atoms with Gasteiger partial charge in [0.15, 0.2) is 0 Å². The molecule has 1 aromatic rings. The van der Waals surface area contributed by atoms with E-state index in [1.54, 1.807) is 0 Å². The lowest BCUT2D eigenvalue weighted by atomic mass is 9.80. The maximum Gasteiger partial charge on any atom is 0.235 e. The van der Waals surface area contributed by atoms with Gasteiger partial charge in [0.1, 0.15) is 0 Å². The van der Waals surface area contributed by atoms with Crippen molar-refractivity contribution in [2.24, 2.45) is 0 Å². The number of rotatable bonds is 0. The highest BCUT2D eigenvalue weighted by atomic mass is 16.2. The second kappa shape index (κ2) is 2.75. The number of amides is 1. The number of carbonyl (C=O) groups is 1. The molecule has 3 N–H and O–H groups in total. The second-order valence-electron chi connectivity index (χ2n) is 4.51. The van der Waals surface area contributed by atoms with Gasteiger partial charge in [-0.1, -0.05) is 25.0 Å². The molecule has 0 saturated heterocycles. The Kier molecular flexibility index (Phi) is 1.61. The molecule has 0 radical (unpaired) electrons. The molecule has 3 rings (SSSR count). The van der Waals surface area contributed by atoms with Crippen LogP contribution in [0.3, 0.4) is 0 Å². The number of nitrogen functional groups attached to an aromatic ring is 1. The van der Waals surface area contributed by atoms with Gasteiger partial charge in [-0.2, -0.15) is 0 Å². The van der Waals surface area contributed by atoms with Gasteiger partial charge < -0.3 is 11.1 Å². The van der Waals surface area contributed by atoms with Crippen LogP contribution in [0.15, 0.2) is 18.2 Å². The van der Waals surface area contributed by atoms with Crippen molar-refractivity contribution in [1.29, 1.82) is 0 Å². The van der Waals surface area contributed by atoms with Crippen molar-refractivity contribution in [3.8, 4) is 0 Å². The van der Waals surface area contributed by atoms with Crippen molar-refractivity contribution in [3.05, 3.63) is 23.8 Å². The molecule has 1 aromatic carbocycles. The molecule has 15 heavy (non-hydrogen) atoms. The third kappa shape index (κ3) is 0.978. The lowest BCUT2D eigenvalue weighted by molar-refractivity contribution is -0.120. The number of nitrogens with one attached hydrogen (secondary N) is 1. The number of hydrogen-bond acceptors (Lipinski definition) is 2. The van der Waals surface area contributed by atoms with Crippen LogP contribution in [-0.4, -0.2) is 5.91 Å². The number of hydrogen-bond donors (Lipinski definition) is 2. The highest BCUT2D eigenvalue weighted by Gasteiger charge is 2.48. The molecule has 0 atom stereocenters. The maximum absolute atomic E-state index is 12.0. The van der Waals surface area contributed by atoms with E-state index in [0.717, 1.165) is 36.9 Å². The van der Waals surface area contributed by atoms with E-state index in [-0.39, 0.29) is 11.3 Å². The Labute approximate surface area is 88.7 Å². The van der Waals surface area contributed by atoms with E-state index >= 15 is 0 Å². The first-order chi connectivity index (χ1) is 7.24. The van der Waals surface area contributed by atoms with Gasteiger partial charge in [-0.15, -0.1) is 0 Å². The Morgan fingerprint density at radius 1 is 1.27 bits per heavy atom. The molecule has 1 spiro atoms. The molecular formula is C12H14N2O. The van der Waals surface area contributed by atoms with Crippen molar-refractivity contribution in [3.63, 3.8) is 0 Å². The summed E-state index contributed by atoms with van der Waals surface area (Å²) in [5.41, 5.74) is 8.26. The topological polar surface area (TPSA) is 55.1 Å². The monoisotopic (exact) mass is 202 g/mol. The Morgan fingerprint density at radius 3 is 2.73 bits per heavy atom. The van der Waals surface area contributed by atoms with Crippen LogP contribution in [0, 0.1) is 0 Å². The molecule has 3 heteroatoms. The summed E-state index contributed by atoms with van der Waals surface area (Å²) in [4.78, 5) is 12.0. The van der Waals surface area contributed by atoms with Gasteiger partial charge in [0, 0.05) is 0 Å².